The summed E-state index contributed by atoms with van der Waals surface area (Å²) < 4.78 is 0. The summed E-state index contributed by atoms with van der Waals surface area (Å²) in [6, 6.07) is -0.901. The van der Waals surface area contributed by atoms with Crippen molar-refractivity contribution < 1.29 is 14.7 Å². The number of hydrogen-bond donors (Lipinski definition) is 3. The molecule has 15 heavy (non-hydrogen) atoms. The molecule has 0 saturated heterocycles. The summed E-state index contributed by atoms with van der Waals surface area (Å²) in [5, 5.41) is 11.3. The average Bonchev–Trinajstić information content (AvgIpc) is 2.60. The molecule has 3 atom stereocenters. The van der Waals surface area contributed by atoms with Gasteiger partial charge in [0, 0.05) is 6.04 Å². The first-order valence-electron chi connectivity index (χ1n) is 5.35. The predicted molar refractivity (Wildman–Crippen MR) is 55.2 cm³/mol. The number of aliphatic carboxylic acids is 1. The lowest BCUT2D eigenvalue weighted by atomic mass is 10.0. The monoisotopic (exact) mass is 214 g/mol. The largest absolute Gasteiger partial charge is 0.480 e. The normalized spacial score (nSPS) is 27.3. The molecule has 1 saturated carbocycles. The van der Waals surface area contributed by atoms with Crippen molar-refractivity contribution in [3.63, 3.8) is 0 Å². The summed E-state index contributed by atoms with van der Waals surface area (Å²) in [6.07, 6.45) is 2.96. The maximum absolute atomic E-state index is 11.7. The van der Waals surface area contributed by atoms with E-state index < -0.39 is 12.0 Å². The first-order valence-corrected chi connectivity index (χ1v) is 5.35. The molecule has 0 aromatic heterocycles. The highest BCUT2D eigenvalue weighted by molar-refractivity contribution is 5.85. The lowest BCUT2D eigenvalue weighted by Gasteiger charge is -2.18. The van der Waals surface area contributed by atoms with Gasteiger partial charge in [0.15, 0.2) is 0 Å². The minimum atomic E-state index is -0.989. The third-order valence-electron chi connectivity index (χ3n) is 2.93. The van der Waals surface area contributed by atoms with E-state index in [-0.39, 0.29) is 17.9 Å². The van der Waals surface area contributed by atoms with Crippen LogP contribution in [0.3, 0.4) is 0 Å². The molecule has 0 aromatic rings. The molecule has 86 valence electrons. The van der Waals surface area contributed by atoms with Gasteiger partial charge in [-0.05, 0) is 19.3 Å². The van der Waals surface area contributed by atoms with E-state index in [1.165, 1.54) is 0 Å². The molecule has 1 amide bonds. The zero-order valence-electron chi connectivity index (χ0n) is 8.90. The van der Waals surface area contributed by atoms with Crippen LogP contribution in [0, 0.1) is 5.92 Å². The number of nitrogens with two attached hydrogens (primary N) is 1. The highest BCUT2D eigenvalue weighted by atomic mass is 16.4. The summed E-state index contributed by atoms with van der Waals surface area (Å²) in [5.41, 5.74) is 5.76. The van der Waals surface area contributed by atoms with E-state index in [1.807, 2.05) is 0 Å². The number of carbonyl (C=O) groups excluding carboxylic acids is 1. The summed E-state index contributed by atoms with van der Waals surface area (Å²) >= 11 is 0. The molecule has 0 spiro atoms. The molecule has 5 heteroatoms. The first kappa shape index (κ1) is 12.0. The van der Waals surface area contributed by atoms with E-state index >= 15 is 0 Å². The number of carboxylic acids is 1. The topological polar surface area (TPSA) is 92.4 Å². The fourth-order valence-corrected chi connectivity index (χ4v) is 1.93. The van der Waals surface area contributed by atoms with Gasteiger partial charge in [0.25, 0.3) is 0 Å². The van der Waals surface area contributed by atoms with Crippen molar-refractivity contribution in [2.75, 3.05) is 0 Å². The second-order valence-corrected chi connectivity index (χ2v) is 4.01. The number of carboxylic acid groups (broad SMARTS) is 1. The predicted octanol–water partition coefficient (Wildman–Crippen LogP) is 0.0932. The fraction of sp³-hybridized carbons (Fsp3) is 0.800. The van der Waals surface area contributed by atoms with Crippen LogP contribution in [0.4, 0.5) is 0 Å². The van der Waals surface area contributed by atoms with Crippen molar-refractivity contribution in [3.8, 4) is 0 Å². The van der Waals surface area contributed by atoms with Gasteiger partial charge >= 0.3 is 5.97 Å². The molecular weight excluding hydrogens is 196 g/mol. The summed E-state index contributed by atoms with van der Waals surface area (Å²) in [7, 11) is 0. The molecule has 0 aliphatic heterocycles. The van der Waals surface area contributed by atoms with Crippen molar-refractivity contribution in [1.29, 1.82) is 0 Å². The van der Waals surface area contributed by atoms with E-state index in [4.69, 9.17) is 10.8 Å². The Kier molecular flexibility index (Phi) is 4.08. The molecule has 0 bridgehead atoms. The van der Waals surface area contributed by atoms with Crippen LogP contribution in [0.2, 0.25) is 0 Å². The van der Waals surface area contributed by atoms with Crippen LogP contribution in [0.5, 0.6) is 0 Å². The van der Waals surface area contributed by atoms with Crippen LogP contribution >= 0.6 is 0 Å². The van der Waals surface area contributed by atoms with E-state index in [0.29, 0.717) is 6.42 Å². The molecule has 1 rings (SSSR count). The van der Waals surface area contributed by atoms with Gasteiger partial charge in [-0.1, -0.05) is 13.3 Å². The standard InChI is InChI=1S/C10H18N2O3/c1-2-8(10(14)15)12-9(13)6-4-3-5-7(6)11/h6-8H,2-5,11H2,1H3,(H,12,13)(H,14,15)/t6?,7?,8-/m0/s1. The van der Waals surface area contributed by atoms with Crippen molar-refractivity contribution in [2.45, 2.75) is 44.7 Å². The second kappa shape index (κ2) is 5.11. The minimum absolute atomic E-state index is 0.115. The smallest absolute Gasteiger partial charge is 0.326 e. The number of rotatable bonds is 4. The van der Waals surface area contributed by atoms with E-state index in [0.717, 1.165) is 19.3 Å². The van der Waals surface area contributed by atoms with Gasteiger partial charge in [-0.25, -0.2) is 4.79 Å². The highest BCUT2D eigenvalue weighted by Crippen LogP contribution is 2.24. The molecule has 1 aliphatic rings. The molecule has 1 aliphatic carbocycles. The van der Waals surface area contributed by atoms with Gasteiger partial charge in [0.2, 0.25) is 5.91 Å². The Labute approximate surface area is 89.0 Å². The lowest BCUT2D eigenvalue weighted by Crippen LogP contribution is -2.46. The van der Waals surface area contributed by atoms with E-state index in [9.17, 15) is 9.59 Å². The molecule has 0 aromatic carbocycles. The van der Waals surface area contributed by atoms with Crippen molar-refractivity contribution in [1.82, 2.24) is 5.32 Å². The van der Waals surface area contributed by atoms with Gasteiger partial charge in [-0.15, -0.1) is 0 Å². The minimum Gasteiger partial charge on any atom is -0.480 e. The summed E-state index contributed by atoms with van der Waals surface area (Å²) in [5.74, 6) is -1.41. The maximum atomic E-state index is 11.7. The Morgan fingerprint density at radius 3 is 2.60 bits per heavy atom. The summed E-state index contributed by atoms with van der Waals surface area (Å²) in [6.45, 7) is 1.73. The van der Waals surface area contributed by atoms with Crippen molar-refractivity contribution >= 4 is 11.9 Å². The van der Waals surface area contributed by atoms with Crippen LogP contribution in [-0.2, 0) is 9.59 Å². The van der Waals surface area contributed by atoms with Crippen molar-refractivity contribution in [2.24, 2.45) is 11.7 Å². The Hall–Kier alpha value is -1.10. The van der Waals surface area contributed by atoms with Gasteiger partial charge in [0.05, 0.1) is 5.92 Å². The van der Waals surface area contributed by atoms with E-state index in [2.05, 4.69) is 5.32 Å². The zero-order valence-corrected chi connectivity index (χ0v) is 8.90. The maximum Gasteiger partial charge on any atom is 0.326 e. The van der Waals surface area contributed by atoms with Crippen LogP contribution in [0.15, 0.2) is 0 Å². The first-order chi connectivity index (χ1) is 7.06. The van der Waals surface area contributed by atoms with Crippen LogP contribution in [0.1, 0.15) is 32.6 Å². The number of hydrogen-bond acceptors (Lipinski definition) is 3. The van der Waals surface area contributed by atoms with Gasteiger partial charge < -0.3 is 16.2 Å². The molecule has 4 N–H and O–H groups in total. The molecule has 0 heterocycles. The Bertz CT molecular complexity index is 255. The van der Waals surface area contributed by atoms with Crippen molar-refractivity contribution in [3.05, 3.63) is 0 Å². The average molecular weight is 214 g/mol. The quantitative estimate of drug-likeness (QED) is 0.618. The Morgan fingerprint density at radius 1 is 1.53 bits per heavy atom. The third kappa shape index (κ3) is 2.92. The molecular formula is C10H18N2O3. The van der Waals surface area contributed by atoms with Crippen LogP contribution in [0.25, 0.3) is 0 Å². The second-order valence-electron chi connectivity index (χ2n) is 4.01. The number of amides is 1. The molecule has 1 fully saturated rings. The number of nitrogens with one attached hydrogen (secondary N) is 1. The Morgan fingerprint density at radius 2 is 2.20 bits per heavy atom. The van der Waals surface area contributed by atoms with Crippen LogP contribution < -0.4 is 11.1 Å². The highest BCUT2D eigenvalue weighted by Gasteiger charge is 2.32. The Balaban J connectivity index is 2.50. The third-order valence-corrected chi connectivity index (χ3v) is 2.93. The molecule has 2 unspecified atom stereocenters. The van der Waals surface area contributed by atoms with E-state index in [1.54, 1.807) is 6.92 Å². The molecule has 5 nitrogen and oxygen atoms in total. The zero-order chi connectivity index (χ0) is 11.4. The summed E-state index contributed by atoms with van der Waals surface area (Å²) in [4.78, 5) is 22.4. The lowest BCUT2D eigenvalue weighted by molar-refractivity contribution is -0.142. The molecule has 0 radical (unpaired) electrons. The van der Waals surface area contributed by atoms with Gasteiger partial charge in [-0.3, -0.25) is 4.79 Å². The van der Waals surface area contributed by atoms with Gasteiger partial charge in [0.1, 0.15) is 6.04 Å². The van der Waals surface area contributed by atoms with Gasteiger partial charge in [-0.2, -0.15) is 0 Å². The number of carbonyl (C=O) groups is 2. The fourth-order valence-electron chi connectivity index (χ4n) is 1.93. The van der Waals surface area contributed by atoms with Crippen LogP contribution in [-0.4, -0.2) is 29.1 Å². The SMILES string of the molecule is CC[C@H](NC(=O)C1CCCC1N)C(=O)O.